The maximum atomic E-state index is 13.1. The van der Waals surface area contributed by atoms with Crippen LogP contribution in [-0.2, 0) is 6.42 Å². The highest BCUT2D eigenvalue weighted by Gasteiger charge is 2.31. The Bertz CT molecular complexity index is 675. The van der Waals surface area contributed by atoms with Gasteiger partial charge in [-0.3, -0.25) is 0 Å². The summed E-state index contributed by atoms with van der Waals surface area (Å²) in [6.07, 6.45) is -0.137. The maximum absolute atomic E-state index is 13.1. The average Bonchev–Trinajstić information content (AvgIpc) is 2.75. The Hall–Kier alpha value is -2.40. The summed E-state index contributed by atoms with van der Waals surface area (Å²) in [6, 6.07) is 12.3. The van der Waals surface area contributed by atoms with Crippen LogP contribution in [0.2, 0.25) is 0 Å². The number of hydrogen-bond acceptors (Lipinski definition) is 2. The third kappa shape index (κ3) is 2.87. The minimum Gasteiger partial charge on any atom is -0.390 e. The molecule has 0 heterocycles. The molecular formula is C16H15FN2O2. The minimum absolute atomic E-state index is 0.369. The number of fused-ring (bicyclic) bond motifs is 1. The number of aliphatic hydroxyl groups is 1. The van der Waals surface area contributed by atoms with Crippen molar-refractivity contribution in [1.29, 1.82) is 0 Å². The fraction of sp³-hybridized carbons (Fsp3) is 0.188. The van der Waals surface area contributed by atoms with E-state index in [9.17, 15) is 14.3 Å². The van der Waals surface area contributed by atoms with Crippen molar-refractivity contribution < 1.29 is 14.3 Å². The predicted molar refractivity (Wildman–Crippen MR) is 77.4 cm³/mol. The van der Waals surface area contributed by atoms with Crippen LogP contribution in [0.25, 0.3) is 0 Å². The lowest BCUT2D eigenvalue weighted by molar-refractivity contribution is 0.144. The molecule has 4 nitrogen and oxygen atoms in total. The average molecular weight is 286 g/mol. The third-order valence-electron chi connectivity index (χ3n) is 3.57. The van der Waals surface area contributed by atoms with Crippen LogP contribution in [-0.4, -0.2) is 17.2 Å². The molecule has 5 heteroatoms. The van der Waals surface area contributed by atoms with E-state index in [-0.39, 0.29) is 0 Å². The first-order valence-electron chi connectivity index (χ1n) is 6.72. The molecule has 0 aromatic heterocycles. The van der Waals surface area contributed by atoms with Crippen LogP contribution in [0.5, 0.6) is 0 Å². The molecule has 0 aliphatic heterocycles. The molecule has 1 aliphatic carbocycles. The van der Waals surface area contributed by atoms with Gasteiger partial charge in [0.25, 0.3) is 0 Å². The largest absolute Gasteiger partial charge is 0.390 e. The van der Waals surface area contributed by atoms with Crippen molar-refractivity contribution in [2.75, 3.05) is 5.32 Å². The standard InChI is InChI=1S/C16H15FN2O2/c17-11-5-3-6-12(9-11)18-16(21)19-15-13-7-2-1-4-10(13)8-14(15)20/h1-7,9,14-15,20H,8H2,(H2,18,19,21)/t14-,15+/m0/s1. The van der Waals surface area contributed by atoms with Crippen LogP contribution in [0.1, 0.15) is 17.2 Å². The summed E-state index contributed by atoms with van der Waals surface area (Å²) in [6.45, 7) is 0. The number of benzene rings is 2. The summed E-state index contributed by atoms with van der Waals surface area (Å²) in [5, 5.41) is 15.4. The van der Waals surface area contributed by atoms with Crippen molar-refractivity contribution in [3.8, 4) is 0 Å². The first-order valence-corrected chi connectivity index (χ1v) is 6.72. The van der Waals surface area contributed by atoms with Crippen LogP contribution in [0.4, 0.5) is 14.9 Å². The lowest BCUT2D eigenvalue weighted by atomic mass is 10.1. The summed E-state index contributed by atoms with van der Waals surface area (Å²) in [5.41, 5.74) is 2.31. The van der Waals surface area contributed by atoms with Gasteiger partial charge in [0.2, 0.25) is 0 Å². The molecule has 2 atom stereocenters. The number of rotatable bonds is 2. The zero-order chi connectivity index (χ0) is 14.8. The van der Waals surface area contributed by atoms with Gasteiger partial charge in [0.15, 0.2) is 0 Å². The van der Waals surface area contributed by atoms with Crippen molar-refractivity contribution >= 4 is 11.7 Å². The molecule has 3 rings (SSSR count). The Morgan fingerprint density at radius 3 is 2.81 bits per heavy atom. The molecule has 0 spiro atoms. The van der Waals surface area contributed by atoms with Gasteiger partial charge in [-0.05, 0) is 29.3 Å². The summed E-state index contributed by atoms with van der Waals surface area (Å²) in [7, 11) is 0. The third-order valence-corrected chi connectivity index (χ3v) is 3.57. The first kappa shape index (κ1) is 13.6. The molecule has 108 valence electrons. The van der Waals surface area contributed by atoms with Gasteiger partial charge < -0.3 is 15.7 Å². The normalized spacial score (nSPS) is 19.9. The fourth-order valence-corrected chi connectivity index (χ4v) is 2.62. The molecule has 0 fully saturated rings. The molecule has 0 radical (unpaired) electrons. The van der Waals surface area contributed by atoms with E-state index in [4.69, 9.17) is 0 Å². The summed E-state index contributed by atoms with van der Waals surface area (Å²) < 4.78 is 13.1. The quantitative estimate of drug-likeness (QED) is 0.794. The van der Waals surface area contributed by atoms with E-state index in [1.807, 2.05) is 24.3 Å². The highest BCUT2D eigenvalue weighted by molar-refractivity contribution is 5.89. The highest BCUT2D eigenvalue weighted by atomic mass is 19.1. The molecule has 2 aromatic carbocycles. The van der Waals surface area contributed by atoms with Crippen molar-refractivity contribution in [2.24, 2.45) is 0 Å². The summed E-state index contributed by atoms with van der Waals surface area (Å²) in [4.78, 5) is 12.0. The molecule has 2 amide bonds. The summed E-state index contributed by atoms with van der Waals surface area (Å²) in [5.74, 6) is -0.418. The number of amides is 2. The number of halogens is 1. The molecule has 2 aromatic rings. The van der Waals surface area contributed by atoms with E-state index >= 15 is 0 Å². The molecular weight excluding hydrogens is 271 g/mol. The Labute approximate surface area is 121 Å². The van der Waals surface area contributed by atoms with Crippen LogP contribution in [0, 0.1) is 5.82 Å². The number of nitrogens with one attached hydrogen (secondary N) is 2. The number of carbonyl (C=O) groups excluding carboxylic acids is 1. The Balaban J connectivity index is 1.70. The van der Waals surface area contributed by atoms with Gasteiger partial charge in [0.1, 0.15) is 5.82 Å². The number of hydrogen-bond donors (Lipinski definition) is 3. The van der Waals surface area contributed by atoms with Crippen molar-refractivity contribution in [1.82, 2.24) is 5.32 Å². The maximum Gasteiger partial charge on any atom is 0.319 e. The van der Waals surface area contributed by atoms with Gasteiger partial charge >= 0.3 is 6.03 Å². The Morgan fingerprint density at radius 2 is 2.00 bits per heavy atom. The number of urea groups is 1. The lowest BCUT2D eigenvalue weighted by Gasteiger charge is -2.18. The van der Waals surface area contributed by atoms with Crippen molar-refractivity contribution in [3.63, 3.8) is 0 Å². The first-order chi connectivity index (χ1) is 10.1. The highest BCUT2D eigenvalue weighted by Crippen LogP contribution is 2.31. The summed E-state index contributed by atoms with van der Waals surface area (Å²) >= 11 is 0. The topological polar surface area (TPSA) is 61.4 Å². The predicted octanol–water partition coefficient (Wildman–Crippen LogP) is 2.61. The SMILES string of the molecule is O=C(Nc1cccc(F)c1)N[C@@H]1c2ccccc2C[C@@H]1O. The molecule has 0 saturated heterocycles. The van der Waals surface area contributed by atoms with Crippen LogP contribution >= 0.6 is 0 Å². The molecule has 1 aliphatic rings. The minimum atomic E-state index is -0.652. The monoisotopic (exact) mass is 286 g/mol. The van der Waals surface area contributed by atoms with Gasteiger partial charge in [-0.25, -0.2) is 9.18 Å². The fourth-order valence-electron chi connectivity index (χ4n) is 2.62. The molecule has 0 bridgehead atoms. The Morgan fingerprint density at radius 1 is 1.19 bits per heavy atom. The second kappa shape index (κ2) is 5.54. The lowest BCUT2D eigenvalue weighted by Crippen LogP contribution is -2.36. The Kier molecular flexibility index (Phi) is 3.58. The van der Waals surface area contributed by atoms with Crippen LogP contribution in [0.3, 0.4) is 0 Å². The zero-order valence-corrected chi connectivity index (χ0v) is 11.2. The van der Waals surface area contributed by atoms with E-state index in [0.29, 0.717) is 12.1 Å². The van der Waals surface area contributed by atoms with Gasteiger partial charge in [-0.2, -0.15) is 0 Å². The van der Waals surface area contributed by atoms with Crippen LogP contribution in [0.15, 0.2) is 48.5 Å². The molecule has 0 saturated carbocycles. The second-order valence-corrected chi connectivity index (χ2v) is 5.06. The van der Waals surface area contributed by atoms with Crippen LogP contribution < -0.4 is 10.6 Å². The van der Waals surface area contributed by atoms with Gasteiger partial charge in [-0.1, -0.05) is 30.3 Å². The van der Waals surface area contributed by atoms with Crippen molar-refractivity contribution in [3.05, 3.63) is 65.5 Å². The van der Waals surface area contributed by atoms with E-state index in [0.717, 1.165) is 11.1 Å². The zero-order valence-electron chi connectivity index (χ0n) is 11.2. The molecule has 0 unspecified atom stereocenters. The number of aliphatic hydroxyl groups excluding tert-OH is 1. The van der Waals surface area contributed by atoms with E-state index < -0.39 is 24.0 Å². The van der Waals surface area contributed by atoms with Crippen molar-refractivity contribution in [2.45, 2.75) is 18.6 Å². The van der Waals surface area contributed by atoms with Gasteiger partial charge in [0, 0.05) is 12.1 Å². The van der Waals surface area contributed by atoms with Gasteiger partial charge in [-0.15, -0.1) is 0 Å². The number of carbonyl (C=O) groups is 1. The number of anilines is 1. The van der Waals surface area contributed by atoms with Gasteiger partial charge in [0.05, 0.1) is 12.1 Å². The van der Waals surface area contributed by atoms with E-state index in [2.05, 4.69) is 10.6 Å². The van der Waals surface area contributed by atoms with E-state index in [1.54, 1.807) is 6.07 Å². The van der Waals surface area contributed by atoms with E-state index in [1.165, 1.54) is 18.2 Å². The molecule has 3 N–H and O–H groups in total. The smallest absolute Gasteiger partial charge is 0.319 e. The second-order valence-electron chi connectivity index (χ2n) is 5.06. The molecule has 21 heavy (non-hydrogen) atoms.